The molecule has 1 aromatic rings. The van der Waals surface area contributed by atoms with Gasteiger partial charge < -0.3 is 15.0 Å². The second kappa shape index (κ2) is 6.20. The zero-order valence-corrected chi connectivity index (χ0v) is 15.5. The van der Waals surface area contributed by atoms with E-state index in [0.717, 1.165) is 27.6 Å². The number of hydrogen-bond acceptors (Lipinski definition) is 3. The highest BCUT2D eigenvalue weighted by molar-refractivity contribution is 14.1. The van der Waals surface area contributed by atoms with Crippen LogP contribution in [0.25, 0.3) is 0 Å². The number of rotatable bonds is 5. The van der Waals surface area contributed by atoms with Gasteiger partial charge in [0.05, 0.1) is 23.1 Å². The molecule has 2 rings (SSSR count). The fourth-order valence-electron chi connectivity index (χ4n) is 1.87. The van der Waals surface area contributed by atoms with Gasteiger partial charge in [-0.05, 0) is 40.8 Å². The number of fused-ring (bicyclic) bond motifs is 1. The molecule has 0 aliphatic carbocycles. The Bertz CT molecular complexity index is 465. The van der Waals surface area contributed by atoms with Gasteiger partial charge in [-0.1, -0.05) is 31.2 Å². The van der Waals surface area contributed by atoms with Crippen molar-refractivity contribution < 1.29 is 4.74 Å². The molecule has 19 heavy (non-hydrogen) atoms. The van der Waals surface area contributed by atoms with Crippen LogP contribution >= 0.6 is 34.2 Å². The summed E-state index contributed by atoms with van der Waals surface area (Å²) in [4.78, 5) is 2.21. The molecule has 0 fully saturated rings. The van der Waals surface area contributed by atoms with E-state index in [9.17, 15) is 0 Å². The molecule has 0 bridgehead atoms. The van der Waals surface area contributed by atoms with Crippen LogP contribution in [0.5, 0.6) is 0 Å². The molecular weight excluding hydrogens is 391 g/mol. The number of nitrogens with one attached hydrogen (secondary N) is 1. The molecule has 6 heteroatoms. The molecule has 3 nitrogen and oxygen atoms in total. The molecular formula is C13H20ClIN2OSi. The van der Waals surface area contributed by atoms with Crippen molar-refractivity contribution in [3.8, 4) is 0 Å². The Balaban J connectivity index is 1.90. The lowest BCUT2D eigenvalue weighted by molar-refractivity contribution is 0.148. The molecule has 0 amide bonds. The van der Waals surface area contributed by atoms with E-state index in [1.54, 1.807) is 0 Å². The van der Waals surface area contributed by atoms with Gasteiger partial charge in [0.25, 0.3) is 0 Å². The lowest BCUT2D eigenvalue weighted by Gasteiger charge is -2.20. The summed E-state index contributed by atoms with van der Waals surface area (Å²) >= 11 is 8.39. The first-order chi connectivity index (χ1) is 8.87. The minimum Gasteiger partial charge on any atom is -0.366 e. The van der Waals surface area contributed by atoms with Crippen molar-refractivity contribution in [3.63, 3.8) is 0 Å². The van der Waals surface area contributed by atoms with Crippen LogP contribution in [0.1, 0.15) is 0 Å². The third-order valence-corrected chi connectivity index (χ3v) is 6.31. The van der Waals surface area contributed by atoms with E-state index >= 15 is 0 Å². The summed E-state index contributed by atoms with van der Waals surface area (Å²) in [5.74, 6) is 0. The molecule has 0 unspecified atom stereocenters. The van der Waals surface area contributed by atoms with E-state index in [2.05, 4.69) is 58.5 Å². The Hall–Kier alpha value is 0.0169. The third-order valence-electron chi connectivity index (χ3n) is 3.08. The van der Waals surface area contributed by atoms with Crippen molar-refractivity contribution in [3.05, 3.63) is 20.7 Å². The molecule has 1 aliphatic heterocycles. The van der Waals surface area contributed by atoms with Crippen LogP contribution < -0.4 is 10.2 Å². The minimum atomic E-state index is -1.000. The van der Waals surface area contributed by atoms with E-state index < -0.39 is 8.07 Å². The minimum absolute atomic E-state index is 0.641. The lowest BCUT2D eigenvalue weighted by Crippen LogP contribution is -2.28. The Morgan fingerprint density at radius 1 is 1.42 bits per heavy atom. The van der Waals surface area contributed by atoms with Crippen LogP contribution in [0.15, 0.2) is 12.1 Å². The van der Waals surface area contributed by atoms with Gasteiger partial charge in [0.2, 0.25) is 0 Å². The number of hydrogen-bond donors (Lipinski definition) is 1. The van der Waals surface area contributed by atoms with E-state index in [4.69, 9.17) is 16.3 Å². The molecule has 0 aromatic heterocycles. The highest BCUT2D eigenvalue weighted by Crippen LogP contribution is 2.36. The Labute approximate surface area is 134 Å². The summed E-state index contributed by atoms with van der Waals surface area (Å²) in [5, 5.41) is 4.14. The summed E-state index contributed by atoms with van der Waals surface area (Å²) in [6.45, 7) is 9.39. The van der Waals surface area contributed by atoms with E-state index in [1.165, 1.54) is 11.7 Å². The number of nitrogens with zero attached hydrogens (tertiary/aromatic N) is 1. The van der Waals surface area contributed by atoms with Crippen LogP contribution in [0, 0.1) is 3.57 Å². The summed E-state index contributed by atoms with van der Waals surface area (Å²) < 4.78 is 6.88. The van der Waals surface area contributed by atoms with Gasteiger partial charge in [-0.2, -0.15) is 0 Å². The first kappa shape index (κ1) is 15.4. The third kappa shape index (κ3) is 4.24. The largest absolute Gasteiger partial charge is 0.366 e. The molecule has 1 N–H and O–H groups in total. The maximum Gasteiger partial charge on any atom is 0.120 e. The number of benzene rings is 1. The first-order valence-electron chi connectivity index (χ1n) is 6.42. The summed E-state index contributed by atoms with van der Waals surface area (Å²) in [5.41, 5.74) is 2.28. The number of anilines is 2. The standard InChI is InChI=1S/C13H20ClIN2OSi/c1-19(2,3)5-4-18-9-17-8-16-12-6-10(14)11(15)7-13(12)17/h6-7,16H,4-5,8-9H2,1-3H3. The van der Waals surface area contributed by atoms with Gasteiger partial charge in [0.15, 0.2) is 0 Å². The number of ether oxygens (including phenoxy) is 1. The molecule has 1 aromatic carbocycles. The van der Waals surface area contributed by atoms with Gasteiger partial charge in [-0.15, -0.1) is 0 Å². The first-order valence-corrected chi connectivity index (χ1v) is 11.6. The van der Waals surface area contributed by atoms with Crippen LogP contribution in [0.3, 0.4) is 0 Å². The van der Waals surface area contributed by atoms with Crippen LogP contribution in [0.4, 0.5) is 11.4 Å². The highest BCUT2D eigenvalue weighted by atomic mass is 127. The SMILES string of the molecule is C[Si](C)(C)CCOCN1CNc2cc(Cl)c(I)cc21. The quantitative estimate of drug-likeness (QED) is 0.441. The maximum absolute atomic E-state index is 6.12. The Morgan fingerprint density at radius 3 is 2.84 bits per heavy atom. The lowest BCUT2D eigenvalue weighted by atomic mass is 10.3. The number of halogens is 2. The van der Waals surface area contributed by atoms with E-state index in [0.29, 0.717) is 6.73 Å². The van der Waals surface area contributed by atoms with Gasteiger partial charge in [-0.3, -0.25) is 0 Å². The van der Waals surface area contributed by atoms with Gasteiger partial charge >= 0.3 is 0 Å². The average molecular weight is 411 g/mol. The Kier molecular flexibility index (Phi) is 5.02. The predicted molar refractivity (Wildman–Crippen MR) is 94.1 cm³/mol. The molecule has 0 saturated carbocycles. The fourth-order valence-corrected chi connectivity index (χ4v) is 3.24. The molecule has 1 heterocycles. The van der Waals surface area contributed by atoms with Crippen LogP contribution in [0.2, 0.25) is 30.7 Å². The van der Waals surface area contributed by atoms with Gasteiger partial charge in [0, 0.05) is 18.3 Å². The van der Waals surface area contributed by atoms with Crippen molar-refractivity contribution >= 4 is 53.6 Å². The second-order valence-electron chi connectivity index (χ2n) is 6.01. The molecule has 0 spiro atoms. The van der Waals surface area contributed by atoms with Crippen molar-refractivity contribution in [2.45, 2.75) is 25.7 Å². The molecule has 0 radical (unpaired) electrons. The summed E-state index contributed by atoms with van der Waals surface area (Å²) in [6, 6.07) is 5.31. The molecule has 0 saturated heterocycles. The zero-order chi connectivity index (χ0) is 14.0. The van der Waals surface area contributed by atoms with Crippen molar-refractivity contribution in [1.29, 1.82) is 0 Å². The summed E-state index contributed by atoms with van der Waals surface area (Å²) in [6.07, 6.45) is 0. The fraction of sp³-hybridized carbons (Fsp3) is 0.538. The van der Waals surface area contributed by atoms with E-state index in [-0.39, 0.29) is 0 Å². The van der Waals surface area contributed by atoms with Crippen LogP contribution in [-0.2, 0) is 4.74 Å². The van der Waals surface area contributed by atoms with Crippen molar-refractivity contribution in [2.24, 2.45) is 0 Å². The Morgan fingerprint density at radius 2 is 2.16 bits per heavy atom. The second-order valence-corrected chi connectivity index (χ2v) is 13.2. The van der Waals surface area contributed by atoms with E-state index in [1.807, 2.05) is 6.07 Å². The normalized spacial score (nSPS) is 14.5. The predicted octanol–water partition coefficient (Wildman–Crippen LogP) is 4.45. The topological polar surface area (TPSA) is 24.5 Å². The molecule has 0 atom stereocenters. The van der Waals surface area contributed by atoms with Gasteiger partial charge in [-0.25, -0.2) is 0 Å². The smallest absolute Gasteiger partial charge is 0.120 e. The summed E-state index contributed by atoms with van der Waals surface area (Å²) in [7, 11) is -1.000. The average Bonchev–Trinajstić information content (AvgIpc) is 2.67. The monoisotopic (exact) mass is 410 g/mol. The van der Waals surface area contributed by atoms with Crippen molar-refractivity contribution in [1.82, 2.24) is 0 Å². The van der Waals surface area contributed by atoms with Crippen molar-refractivity contribution in [2.75, 3.05) is 30.2 Å². The van der Waals surface area contributed by atoms with Gasteiger partial charge in [0.1, 0.15) is 6.73 Å². The molecule has 106 valence electrons. The maximum atomic E-state index is 6.12. The molecule has 1 aliphatic rings. The van der Waals surface area contributed by atoms with Crippen LogP contribution in [-0.4, -0.2) is 28.1 Å². The highest BCUT2D eigenvalue weighted by Gasteiger charge is 2.20. The zero-order valence-electron chi connectivity index (χ0n) is 11.6.